The Morgan fingerprint density at radius 2 is 2.05 bits per heavy atom. The Morgan fingerprint density at radius 1 is 1.42 bits per heavy atom. The average molecular weight is 372 g/mol. The molecule has 8 heteroatoms. The molecule has 0 unspecified atom stereocenters. The van der Waals surface area contributed by atoms with Gasteiger partial charge in [0.15, 0.2) is 5.75 Å². The first-order valence-corrected chi connectivity index (χ1v) is 8.40. The lowest BCUT2D eigenvalue weighted by atomic mass is 10.2. The molecule has 1 rings (SSSR count). The van der Waals surface area contributed by atoms with Gasteiger partial charge in [-0.15, -0.1) is 0 Å². The Bertz CT molecular complexity index is 585. The molecule has 0 fully saturated rings. The zero-order chi connectivity index (χ0) is 14.6. The number of benzene rings is 1. The SMILES string of the molecule is CCCOC(=O)c1cc(Br)c(OC)c(S(=O)(=O)Cl)c1. The molecule has 0 heterocycles. The van der Waals surface area contributed by atoms with Crippen LogP contribution in [0.3, 0.4) is 0 Å². The van der Waals surface area contributed by atoms with Crippen molar-refractivity contribution in [1.82, 2.24) is 0 Å². The Morgan fingerprint density at radius 3 is 2.53 bits per heavy atom. The van der Waals surface area contributed by atoms with Crippen LogP contribution >= 0.6 is 26.6 Å². The minimum atomic E-state index is -4.04. The fourth-order valence-corrected chi connectivity index (χ4v) is 3.12. The summed E-state index contributed by atoms with van der Waals surface area (Å²) in [7, 11) is 2.59. The summed E-state index contributed by atoms with van der Waals surface area (Å²) in [5.41, 5.74) is 0.0837. The van der Waals surface area contributed by atoms with E-state index in [0.717, 1.165) is 6.07 Å². The average Bonchev–Trinajstić information content (AvgIpc) is 2.33. The zero-order valence-electron chi connectivity index (χ0n) is 10.3. The van der Waals surface area contributed by atoms with Crippen LogP contribution in [-0.2, 0) is 13.8 Å². The summed E-state index contributed by atoms with van der Waals surface area (Å²) in [6, 6.07) is 2.55. The van der Waals surface area contributed by atoms with E-state index in [4.69, 9.17) is 20.2 Å². The van der Waals surface area contributed by atoms with Gasteiger partial charge in [-0.05, 0) is 34.5 Å². The molecule has 0 N–H and O–H groups in total. The first-order valence-electron chi connectivity index (χ1n) is 5.30. The molecule has 0 aromatic heterocycles. The summed E-state index contributed by atoms with van der Waals surface area (Å²) in [6.07, 6.45) is 0.670. The molecule has 0 bridgehead atoms. The maximum absolute atomic E-state index is 11.7. The van der Waals surface area contributed by atoms with Crippen LogP contribution in [0.1, 0.15) is 23.7 Å². The summed E-state index contributed by atoms with van der Waals surface area (Å²) >= 11 is 3.13. The number of carbonyl (C=O) groups excluding carboxylic acids is 1. The van der Waals surface area contributed by atoms with Gasteiger partial charge in [0, 0.05) is 10.7 Å². The minimum Gasteiger partial charge on any atom is -0.494 e. The minimum absolute atomic E-state index is 0.0436. The van der Waals surface area contributed by atoms with Gasteiger partial charge in [-0.1, -0.05) is 6.92 Å². The van der Waals surface area contributed by atoms with Gasteiger partial charge < -0.3 is 9.47 Å². The lowest BCUT2D eigenvalue weighted by Crippen LogP contribution is -2.08. The standard InChI is InChI=1S/C11H12BrClO5S/c1-3-4-18-11(14)7-5-8(12)10(17-2)9(6-7)19(13,15)16/h5-6H,3-4H2,1-2H3. The number of esters is 1. The Labute approximate surface area is 124 Å². The lowest BCUT2D eigenvalue weighted by molar-refractivity contribution is 0.0504. The van der Waals surface area contributed by atoms with Crippen LogP contribution in [0.25, 0.3) is 0 Å². The van der Waals surface area contributed by atoms with E-state index >= 15 is 0 Å². The molecule has 106 valence electrons. The first-order chi connectivity index (χ1) is 8.81. The van der Waals surface area contributed by atoms with Crippen LogP contribution in [-0.4, -0.2) is 28.1 Å². The summed E-state index contributed by atoms with van der Waals surface area (Å²) in [6.45, 7) is 2.11. The second-order valence-corrected chi connectivity index (χ2v) is 6.95. The van der Waals surface area contributed by atoms with Gasteiger partial charge in [0.25, 0.3) is 9.05 Å². The molecular formula is C11H12BrClO5S. The normalized spacial score (nSPS) is 11.2. The first kappa shape index (κ1) is 16.3. The van der Waals surface area contributed by atoms with Crippen molar-refractivity contribution in [3.63, 3.8) is 0 Å². The number of methoxy groups -OCH3 is 1. The van der Waals surface area contributed by atoms with E-state index in [2.05, 4.69) is 15.9 Å². The third-order valence-electron chi connectivity index (χ3n) is 2.15. The third-order valence-corrected chi connectivity index (χ3v) is 4.07. The molecule has 0 spiro atoms. The second kappa shape index (κ2) is 6.58. The molecule has 0 saturated carbocycles. The van der Waals surface area contributed by atoms with E-state index in [1.165, 1.54) is 13.2 Å². The lowest BCUT2D eigenvalue weighted by Gasteiger charge is -2.10. The molecule has 0 radical (unpaired) electrons. The molecule has 0 atom stereocenters. The Kier molecular flexibility index (Phi) is 5.64. The van der Waals surface area contributed by atoms with Gasteiger partial charge in [0.1, 0.15) is 4.90 Å². The molecule has 1 aromatic rings. The van der Waals surface area contributed by atoms with Crippen LogP contribution in [0, 0.1) is 0 Å². The highest BCUT2D eigenvalue weighted by atomic mass is 79.9. The third kappa shape index (κ3) is 4.09. The molecule has 0 amide bonds. The van der Waals surface area contributed by atoms with Gasteiger partial charge in [0.05, 0.1) is 23.8 Å². The van der Waals surface area contributed by atoms with E-state index in [0.29, 0.717) is 10.9 Å². The molecule has 0 aliphatic rings. The van der Waals surface area contributed by atoms with Crippen LogP contribution in [0.4, 0.5) is 0 Å². The monoisotopic (exact) mass is 370 g/mol. The maximum Gasteiger partial charge on any atom is 0.338 e. The molecule has 0 saturated heterocycles. The van der Waals surface area contributed by atoms with Gasteiger partial charge in [-0.2, -0.15) is 0 Å². The molecule has 5 nitrogen and oxygen atoms in total. The van der Waals surface area contributed by atoms with Crippen LogP contribution in [0.5, 0.6) is 5.75 Å². The smallest absolute Gasteiger partial charge is 0.338 e. The van der Waals surface area contributed by atoms with Crippen molar-refractivity contribution in [3.8, 4) is 5.75 Å². The summed E-state index contributed by atoms with van der Waals surface area (Å²) < 4.78 is 33.1. The van der Waals surface area contributed by atoms with Crippen molar-refractivity contribution >= 4 is 41.6 Å². The number of halogens is 2. The number of ether oxygens (including phenoxy) is 2. The predicted octanol–water partition coefficient (Wildman–Crippen LogP) is 2.95. The number of rotatable bonds is 5. The second-order valence-electron chi connectivity index (χ2n) is 3.56. The van der Waals surface area contributed by atoms with Crippen LogP contribution in [0.2, 0.25) is 0 Å². The Hall–Kier alpha value is -0.790. The highest BCUT2D eigenvalue weighted by molar-refractivity contribution is 9.10. The van der Waals surface area contributed by atoms with Crippen molar-refractivity contribution in [3.05, 3.63) is 22.2 Å². The number of hydrogen-bond acceptors (Lipinski definition) is 5. The predicted molar refractivity (Wildman–Crippen MR) is 74.3 cm³/mol. The molecule has 19 heavy (non-hydrogen) atoms. The highest BCUT2D eigenvalue weighted by Crippen LogP contribution is 2.35. The maximum atomic E-state index is 11.7. The van der Waals surface area contributed by atoms with E-state index < -0.39 is 15.0 Å². The van der Waals surface area contributed by atoms with E-state index in [9.17, 15) is 13.2 Å². The van der Waals surface area contributed by atoms with Crippen LogP contribution in [0.15, 0.2) is 21.5 Å². The number of carbonyl (C=O) groups is 1. The molecule has 0 aliphatic carbocycles. The van der Waals surface area contributed by atoms with Crippen molar-refractivity contribution in [2.75, 3.05) is 13.7 Å². The van der Waals surface area contributed by atoms with E-state index in [-0.39, 0.29) is 22.8 Å². The molecular weight excluding hydrogens is 360 g/mol. The van der Waals surface area contributed by atoms with Gasteiger partial charge in [-0.3, -0.25) is 0 Å². The topological polar surface area (TPSA) is 69.7 Å². The fourth-order valence-electron chi connectivity index (χ4n) is 1.34. The quantitative estimate of drug-likeness (QED) is 0.588. The highest BCUT2D eigenvalue weighted by Gasteiger charge is 2.23. The van der Waals surface area contributed by atoms with Crippen molar-refractivity contribution in [2.24, 2.45) is 0 Å². The van der Waals surface area contributed by atoms with Crippen molar-refractivity contribution in [1.29, 1.82) is 0 Å². The van der Waals surface area contributed by atoms with Gasteiger partial charge in [0.2, 0.25) is 0 Å². The van der Waals surface area contributed by atoms with Gasteiger partial charge in [-0.25, -0.2) is 13.2 Å². The van der Waals surface area contributed by atoms with E-state index in [1.807, 2.05) is 6.92 Å². The zero-order valence-corrected chi connectivity index (χ0v) is 13.4. The largest absolute Gasteiger partial charge is 0.494 e. The van der Waals surface area contributed by atoms with E-state index in [1.54, 1.807) is 0 Å². The summed E-state index contributed by atoms with van der Waals surface area (Å²) in [4.78, 5) is 11.4. The van der Waals surface area contributed by atoms with Crippen LogP contribution < -0.4 is 4.74 Å². The molecule has 0 aliphatic heterocycles. The summed E-state index contributed by atoms with van der Waals surface area (Å²) in [5.74, 6) is -0.575. The number of hydrogen-bond donors (Lipinski definition) is 0. The van der Waals surface area contributed by atoms with Crippen molar-refractivity contribution in [2.45, 2.75) is 18.2 Å². The Balaban J connectivity index is 3.32. The molecule has 1 aromatic carbocycles. The summed E-state index contributed by atoms with van der Waals surface area (Å²) in [5, 5.41) is 0. The van der Waals surface area contributed by atoms with Crippen molar-refractivity contribution < 1.29 is 22.7 Å². The fraction of sp³-hybridized carbons (Fsp3) is 0.364. The van der Waals surface area contributed by atoms with Gasteiger partial charge >= 0.3 is 5.97 Å².